The monoisotopic (exact) mass is 426 g/mol. The van der Waals surface area contributed by atoms with Crippen molar-refractivity contribution in [1.82, 2.24) is 9.80 Å². The summed E-state index contributed by atoms with van der Waals surface area (Å²) < 4.78 is 0. The van der Waals surface area contributed by atoms with E-state index in [2.05, 4.69) is 34.7 Å². The molecule has 6 nitrogen and oxygen atoms in total. The minimum atomic E-state index is -0.470. The van der Waals surface area contributed by atoms with E-state index >= 15 is 0 Å². The molecule has 1 atom stereocenters. The van der Waals surface area contributed by atoms with Crippen LogP contribution in [0.3, 0.4) is 0 Å². The van der Waals surface area contributed by atoms with Gasteiger partial charge in [-0.2, -0.15) is 0 Å². The lowest BCUT2D eigenvalue weighted by Gasteiger charge is -2.24. The zero-order chi connectivity index (χ0) is 21.1. The maximum Gasteiger partial charge on any atom is 0.322 e. The van der Waals surface area contributed by atoms with Crippen molar-refractivity contribution in [3.63, 3.8) is 0 Å². The van der Waals surface area contributed by atoms with E-state index in [9.17, 15) is 9.59 Å². The van der Waals surface area contributed by atoms with Crippen LogP contribution in [-0.4, -0.2) is 54.5 Å². The summed E-state index contributed by atoms with van der Waals surface area (Å²) in [6.45, 7) is 2.64. The Balaban J connectivity index is 1.41. The molecule has 30 heavy (non-hydrogen) atoms. The smallest absolute Gasteiger partial charge is 0.322 e. The number of carbonyl (C=O) groups is 2. The van der Waals surface area contributed by atoms with E-state index in [1.54, 1.807) is 29.2 Å². The molecule has 3 amide bonds. The third-order valence-electron chi connectivity index (χ3n) is 5.91. The van der Waals surface area contributed by atoms with E-state index in [0.717, 1.165) is 38.0 Å². The summed E-state index contributed by atoms with van der Waals surface area (Å²) in [6.07, 6.45) is 3.48. The quantitative estimate of drug-likeness (QED) is 0.779. The molecule has 1 fully saturated rings. The van der Waals surface area contributed by atoms with Crippen molar-refractivity contribution < 1.29 is 9.59 Å². The van der Waals surface area contributed by atoms with Gasteiger partial charge < -0.3 is 20.4 Å². The molecule has 0 aliphatic carbocycles. The van der Waals surface area contributed by atoms with Gasteiger partial charge in [0.1, 0.15) is 6.04 Å². The number of nitrogens with one attached hydrogen (secondary N) is 2. The van der Waals surface area contributed by atoms with Gasteiger partial charge >= 0.3 is 6.03 Å². The molecule has 0 radical (unpaired) electrons. The number of benzene rings is 2. The van der Waals surface area contributed by atoms with E-state index in [-0.39, 0.29) is 11.9 Å². The van der Waals surface area contributed by atoms with Gasteiger partial charge in [0.05, 0.1) is 0 Å². The topological polar surface area (TPSA) is 64.7 Å². The maximum absolute atomic E-state index is 13.0. The summed E-state index contributed by atoms with van der Waals surface area (Å²) in [6, 6.07) is 12.4. The van der Waals surface area contributed by atoms with Gasteiger partial charge in [-0.15, -0.1) is 0 Å². The SMILES string of the molecule is CN1CCc2ccc(NC(=O)[C@@H]3CCCN3C(=O)Nc3ccc(Cl)cc3)cc2CC1. The molecular weight excluding hydrogens is 400 g/mol. The average Bonchev–Trinajstić information content (AvgIpc) is 3.16. The maximum atomic E-state index is 13.0. The summed E-state index contributed by atoms with van der Waals surface area (Å²) in [5, 5.41) is 6.50. The molecule has 0 unspecified atom stereocenters. The standard InChI is InChI=1S/C23H27ClN4O2/c1-27-13-10-16-4-7-20(15-17(16)11-14-27)25-22(29)21-3-2-12-28(21)23(30)26-19-8-5-18(24)6-9-19/h4-9,15,21H,2-3,10-14H2,1H3,(H,25,29)(H,26,30)/t21-/m0/s1. The van der Waals surface area contributed by atoms with Crippen LogP contribution in [0.4, 0.5) is 16.2 Å². The lowest BCUT2D eigenvalue weighted by atomic mass is 10.0. The molecule has 2 aromatic carbocycles. The first-order valence-corrected chi connectivity index (χ1v) is 10.8. The number of nitrogens with zero attached hydrogens (tertiary/aromatic N) is 2. The Morgan fingerprint density at radius 3 is 2.40 bits per heavy atom. The van der Waals surface area contributed by atoms with E-state index in [0.29, 0.717) is 23.7 Å². The molecule has 0 spiro atoms. The van der Waals surface area contributed by atoms with E-state index in [1.165, 1.54) is 11.1 Å². The first-order chi connectivity index (χ1) is 14.5. The van der Waals surface area contributed by atoms with Crippen molar-refractivity contribution in [2.24, 2.45) is 0 Å². The van der Waals surface area contributed by atoms with Gasteiger partial charge in [-0.05, 0) is 80.3 Å². The number of carbonyl (C=O) groups excluding carboxylic acids is 2. The number of hydrogen-bond acceptors (Lipinski definition) is 3. The van der Waals surface area contributed by atoms with Crippen LogP contribution >= 0.6 is 11.6 Å². The van der Waals surface area contributed by atoms with Gasteiger partial charge in [-0.25, -0.2) is 4.79 Å². The lowest BCUT2D eigenvalue weighted by Crippen LogP contribution is -2.45. The van der Waals surface area contributed by atoms with Gasteiger partial charge in [-0.1, -0.05) is 17.7 Å². The van der Waals surface area contributed by atoms with Crippen molar-refractivity contribution in [1.29, 1.82) is 0 Å². The minimum absolute atomic E-state index is 0.135. The summed E-state index contributed by atoms with van der Waals surface area (Å²) in [7, 11) is 2.14. The Kier molecular flexibility index (Phi) is 6.25. The average molecular weight is 427 g/mol. The molecule has 0 saturated carbocycles. The Morgan fingerprint density at radius 1 is 0.933 bits per heavy atom. The second-order valence-electron chi connectivity index (χ2n) is 8.06. The molecule has 0 aromatic heterocycles. The molecule has 2 aliphatic rings. The molecular formula is C23H27ClN4O2. The third-order valence-corrected chi connectivity index (χ3v) is 6.16. The van der Waals surface area contributed by atoms with Crippen molar-refractivity contribution in [2.45, 2.75) is 31.7 Å². The number of urea groups is 1. The van der Waals surface area contributed by atoms with E-state index in [1.807, 2.05) is 6.07 Å². The number of anilines is 2. The van der Waals surface area contributed by atoms with Gasteiger partial charge in [0, 0.05) is 36.0 Å². The summed E-state index contributed by atoms with van der Waals surface area (Å²) >= 11 is 5.90. The molecule has 2 aliphatic heterocycles. The predicted molar refractivity (Wildman–Crippen MR) is 120 cm³/mol. The zero-order valence-electron chi connectivity index (χ0n) is 17.2. The number of hydrogen-bond donors (Lipinski definition) is 2. The summed E-state index contributed by atoms with van der Waals surface area (Å²) in [4.78, 5) is 29.6. The molecule has 7 heteroatoms. The number of likely N-dealkylation sites (tertiary alicyclic amines) is 1. The lowest BCUT2D eigenvalue weighted by molar-refractivity contribution is -0.119. The highest BCUT2D eigenvalue weighted by atomic mass is 35.5. The highest BCUT2D eigenvalue weighted by molar-refractivity contribution is 6.30. The summed E-state index contributed by atoms with van der Waals surface area (Å²) in [5.74, 6) is -0.135. The van der Waals surface area contributed by atoms with Gasteiger partial charge in [0.15, 0.2) is 0 Å². The number of amides is 3. The summed E-state index contributed by atoms with van der Waals surface area (Å²) in [5.41, 5.74) is 4.10. The second kappa shape index (κ2) is 9.06. The fraction of sp³-hybridized carbons (Fsp3) is 0.391. The Morgan fingerprint density at radius 2 is 1.63 bits per heavy atom. The normalized spacial score (nSPS) is 19.1. The number of likely N-dealkylation sites (N-methyl/N-ethyl adjacent to an activating group) is 1. The van der Waals surface area contributed by atoms with Crippen molar-refractivity contribution >= 4 is 34.9 Å². The van der Waals surface area contributed by atoms with Gasteiger partial charge in [-0.3, -0.25) is 4.79 Å². The van der Waals surface area contributed by atoms with Gasteiger partial charge in [0.25, 0.3) is 0 Å². The Bertz CT molecular complexity index is 931. The number of halogens is 1. The Labute approximate surface area is 182 Å². The predicted octanol–water partition coefficient (Wildman–Crippen LogP) is 4.01. The van der Waals surface area contributed by atoms with Crippen LogP contribution in [0.5, 0.6) is 0 Å². The van der Waals surface area contributed by atoms with Crippen LogP contribution in [0, 0.1) is 0 Å². The van der Waals surface area contributed by atoms with Crippen molar-refractivity contribution in [3.05, 3.63) is 58.6 Å². The molecule has 4 rings (SSSR count). The highest BCUT2D eigenvalue weighted by Gasteiger charge is 2.34. The van der Waals surface area contributed by atoms with E-state index in [4.69, 9.17) is 11.6 Å². The van der Waals surface area contributed by atoms with Crippen molar-refractivity contribution in [3.8, 4) is 0 Å². The molecule has 0 bridgehead atoms. The van der Waals surface area contributed by atoms with Crippen LogP contribution in [0.15, 0.2) is 42.5 Å². The van der Waals surface area contributed by atoms with Crippen molar-refractivity contribution in [2.75, 3.05) is 37.3 Å². The molecule has 158 valence electrons. The first-order valence-electron chi connectivity index (χ1n) is 10.4. The van der Waals surface area contributed by atoms with Crippen LogP contribution in [0.1, 0.15) is 24.0 Å². The molecule has 2 N–H and O–H groups in total. The zero-order valence-corrected chi connectivity index (χ0v) is 17.9. The fourth-order valence-electron chi connectivity index (χ4n) is 4.15. The van der Waals surface area contributed by atoms with Crippen LogP contribution in [-0.2, 0) is 17.6 Å². The van der Waals surface area contributed by atoms with Crippen LogP contribution in [0.25, 0.3) is 0 Å². The third kappa shape index (κ3) is 4.77. The first kappa shape index (κ1) is 20.7. The Hall–Kier alpha value is -2.57. The molecule has 2 heterocycles. The van der Waals surface area contributed by atoms with E-state index < -0.39 is 6.04 Å². The molecule has 2 aromatic rings. The molecule has 1 saturated heterocycles. The largest absolute Gasteiger partial charge is 0.324 e. The number of rotatable bonds is 3. The number of fused-ring (bicyclic) bond motifs is 1. The fourth-order valence-corrected chi connectivity index (χ4v) is 4.28. The van der Waals surface area contributed by atoms with Gasteiger partial charge in [0.2, 0.25) is 5.91 Å². The van der Waals surface area contributed by atoms with Crippen LogP contribution < -0.4 is 10.6 Å². The van der Waals surface area contributed by atoms with Crippen LogP contribution in [0.2, 0.25) is 5.02 Å². The second-order valence-corrected chi connectivity index (χ2v) is 8.50. The minimum Gasteiger partial charge on any atom is -0.324 e. The highest BCUT2D eigenvalue weighted by Crippen LogP contribution is 2.24.